The topological polar surface area (TPSA) is 54.4 Å². The van der Waals surface area contributed by atoms with Crippen LogP contribution in [0.3, 0.4) is 0 Å². The minimum absolute atomic E-state index is 0.0530. The van der Waals surface area contributed by atoms with E-state index >= 15 is 4.39 Å². The van der Waals surface area contributed by atoms with Crippen LogP contribution in [-0.2, 0) is 9.59 Å². The Balaban J connectivity index is 1.84. The normalized spacial score (nSPS) is 52.5. The first-order chi connectivity index (χ1) is 13.0. The number of ketones is 2. The van der Waals surface area contributed by atoms with Crippen LogP contribution in [0.25, 0.3) is 0 Å². The molecular formula is C23H30FIO3. The fourth-order valence-corrected chi connectivity index (χ4v) is 8.30. The maximum absolute atomic E-state index is 17.0. The molecule has 4 aliphatic rings. The summed E-state index contributed by atoms with van der Waals surface area (Å²) in [6.07, 6.45) is 5.96. The van der Waals surface area contributed by atoms with Crippen LogP contribution >= 0.6 is 22.6 Å². The highest BCUT2D eigenvalue weighted by molar-refractivity contribution is 14.1. The summed E-state index contributed by atoms with van der Waals surface area (Å²) >= 11 is 2.13. The van der Waals surface area contributed by atoms with Gasteiger partial charge in [-0.2, -0.15) is 0 Å². The lowest BCUT2D eigenvalue weighted by molar-refractivity contribution is -0.204. The van der Waals surface area contributed by atoms with Crippen molar-refractivity contribution in [2.45, 2.75) is 65.2 Å². The van der Waals surface area contributed by atoms with Gasteiger partial charge < -0.3 is 5.11 Å². The molecule has 0 aromatic heterocycles. The van der Waals surface area contributed by atoms with Crippen molar-refractivity contribution in [3.8, 4) is 0 Å². The van der Waals surface area contributed by atoms with Gasteiger partial charge in [0.05, 0.1) is 10.5 Å². The quantitative estimate of drug-likeness (QED) is 0.445. The number of halogens is 2. The lowest BCUT2D eigenvalue weighted by Crippen LogP contribution is -2.67. The second kappa shape index (κ2) is 6.22. The Kier molecular flexibility index (Phi) is 4.60. The maximum Gasteiger partial charge on any atom is 0.178 e. The molecule has 5 heteroatoms. The zero-order chi connectivity index (χ0) is 20.7. The molecular weight excluding hydrogens is 470 g/mol. The van der Waals surface area contributed by atoms with E-state index in [1.165, 1.54) is 6.08 Å². The van der Waals surface area contributed by atoms with E-state index in [-0.39, 0.29) is 29.3 Å². The number of carbonyl (C=O) groups excluding carboxylic acids is 2. The molecule has 2 unspecified atom stereocenters. The largest absolute Gasteiger partial charge is 0.390 e. The van der Waals surface area contributed by atoms with Crippen molar-refractivity contribution in [3.05, 3.63) is 23.8 Å². The van der Waals surface area contributed by atoms with Crippen LogP contribution in [-0.4, -0.2) is 32.9 Å². The molecule has 28 heavy (non-hydrogen) atoms. The van der Waals surface area contributed by atoms with E-state index in [4.69, 9.17) is 0 Å². The lowest BCUT2D eigenvalue weighted by Gasteiger charge is -2.63. The van der Waals surface area contributed by atoms with Crippen LogP contribution in [0.15, 0.2) is 23.8 Å². The van der Waals surface area contributed by atoms with Gasteiger partial charge in [0, 0.05) is 16.7 Å². The summed E-state index contributed by atoms with van der Waals surface area (Å²) in [6, 6.07) is 0. The summed E-state index contributed by atoms with van der Waals surface area (Å²) in [4.78, 5) is 24.9. The summed E-state index contributed by atoms with van der Waals surface area (Å²) in [6.45, 7) is 8.12. The smallest absolute Gasteiger partial charge is 0.178 e. The molecule has 4 rings (SSSR count). The average molecular weight is 500 g/mol. The zero-order valence-electron chi connectivity index (χ0n) is 17.1. The molecule has 0 spiro atoms. The van der Waals surface area contributed by atoms with Crippen molar-refractivity contribution in [1.29, 1.82) is 0 Å². The van der Waals surface area contributed by atoms with E-state index in [9.17, 15) is 14.7 Å². The predicted octanol–water partition coefficient (Wildman–Crippen LogP) is 4.61. The fraction of sp³-hybridized carbons (Fsp3) is 0.739. The molecule has 3 nitrogen and oxygen atoms in total. The SMILES string of the molecule is CC1C[C@H]2[C@@H]3CCC4=CC(=O)C=C[C@]4(C)[C@@]3(F)C(O)C[C@]2(C)[C@@]1(C)C(=O)CI. The Hall–Kier alpha value is -0.560. The van der Waals surface area contributed by atoms with Crippen molar-refractivity contribution in [1.82, 2.24) is 0 Å². The van der Waals surface area contributed by atoms with E-state index in [0.717, 1.165) is 12.0 Å². The number of hydrogen-bond acceptors (Lipinski definition) is 3. The van der Waals surface area contributed by atoms with Crippen molar-refractivity contribution in [2.24, 2.45) is 34.0 Å². The molecule has 0 aliphatic heterocycles. The molecule has 8 atom stereocenters. The number of rotatable bonds is 2. The highest BCUT2D eigenvalue weighted by atomic mass is 127. The van der Waals surface area contributed by atoms with Crippen LogP contribution in [0.4, 0.5) is 4.39 Å². The average Bonchev–Trinajstić information content (AvgIpc) is 2.84. The Morgan fingerprint density at radius 1 is 1.32 bits per heavy atom. The first-order valence-corrected chi connectivity index (χ1v) is 11.9. The molecule has 0 radical (unpaired) electrons. The predicted molar refractivity (Wildman–Crippen MR) is 115 cm³/mol. The number of carbonyl (C=O) groups is 2. The molecule has 0 saturated heterocycles. The third-order valence-corrected chi connectivity index (χ3v) is 10.2. The summed E-state index contributed by atoms with van der Waals surface area (Å²) in [5.74, 6) is 0.0200. The van der Waals surface area contributed by atoms with Gasteiger partial charge in [-0.25, -0.2) is 4.39 Å². The molecule has 1 N–H and O–H groups in total. The first-order valence-electron chi connectivity index (χ1n) is 10.4. The fourth-order valence-electron chi connectivity index (χ4n) is 7.50. The zero-order valence-corrected chi connectivity index (χ0v) is 19.3. The molecule has 4 aliphatic carbocycles. The molecule has 0 bridgehead atoms. The van der Waals surface area contributed by atoms with E-state index < -0.39 is 28.0 Å². The van der Waals surface area contributed by atoms with Crippen LogP contribution in [0.2, 0.25) is 0 Å². The highest BCUT2D eigenvalue weighted by Crippen LogP contribution is 2.73. The Morgan fingerprint density at radius 3 is 2.64 bits per heavy atom. The number of aliphatic hydroxyl groups excluding tert-OH is 1. The van der Waals surface area contributed by atoms with Gasteiger partial charge >= 0.3 is 0 Å². The van der Waals surface area contributed by atoms with E-state index in [1.54, 1.807) is 12.2 Å². The maximum atomic E-state index is 17.0. The lowest BCUT2D eigenvalue weighted by atomic mass is 9.43. The summed E-state index contributed by atoms with van der Waals surface area (Å²) in [5, 5.41) is 11.3. The van der Waals surface area contributed by atoms with Gasteiger partial charge in [0.25, 0.3) is 0 Å². The Labute approximate surface area is 180 Å². The number of hydrogen-bond donors (Lipinski definition) is 1. The number of fused-ring (bicyclic) bond motifs is 5. The van der Waals surface area contributed by atoms with E-state index in [2.05, 4.69) is 36.4 Å². The van der Waals surface area contributed by atoms with Gasteiger partial charge in [-0.1, -0.05) is 55.0 Å². The Bertz CT molecular complexity index is 806. The third kappa shape index (κ3) is 2.18. The molecule has 0 aromatic carbocycles. The summed E-state index contributed by atoms with van der Waals surface area (Å²) in [7, 11) is 0. The number of Topliss-reactive ketones (excluding diaryl/α,β-unsaturated/α-hetero) is 1. The second-order valence-corrected chi connectivity index (χ2v) is 10.9. The van der Waals surface area contributed by atoms with Crippen LogP contribution in [0, 0.1) is 34.0 Å². The number of alkyl halides is 2. The standard InChI is InChI=1S/C23H30FIO3/c1-13-9-17-16-6-5-14-10-15(26)7-8-20(14,2)23(16,24)18(27)11-21(17,3)22(13,4)19(28)12-25/h7-8,10,13,16-18,27H,5-6,9,11-12H2,1-4H3/t13?,16-,17-,18?,20-,21-,22+,23-/m0/s1. The molecule has 3 fully saturated rings. The molecule has 0 aromatic rings. The third-order valence-electron chi connectivity index (χ3n) is 9.51. The minimum atomic E-state index is -1.81. The Morgan fingerprint density at radius 2 is 2.00 bits per heavy atom. The molecule has 3 saturated carbocycles. The van der Waals surface area contributed by atoms with Gasteiger partial charge in [0.2, 0.25) is 0 Å². The van der Waals surface area contributed by atoms with Crippen LogP contribution < -0.4 is 0 Å². The highest BCUT2D eigenvalue weighted by Gasteiger charge is 2.74. The van der Waals surface area contributed by atoms with Crippen LogP contribution in [0.5, 0.6) is 0 Å². The van der Waals surface area contributed by atoms with Crippen LogP contribution in [0.1, 0.15) is 53.4 Å². The van der Waals surface area contributed by atoms with Gasteiger partial charge in [-0.15, -0.1) is 0 Å². The minimum Gasteiger partial charge on any atom is -0.390 e. The van der Waals surface area contributed by atoms with Gasteiger partial charge in [0.1, 0.15) is 5.78 Å². The second-order valence-electron chi connectivity index (χ2n) is 10.2. The van der Waals surface area contributed by atoms with Crippen molar-refractivity contribution in [2.75, 3.05) is 4.43 Å². The van der Waals surface area contributed by atoms with E-state index in [1.807, 2.05) is 13.8 Å². The monoisotopic (exact) mass is 500 g/mol. The van der Waals surface area contributed by atoms with Gasteiger partial charge in [-0.3, -0.25) is 9.59 Å². The number of aliphatic hydroxyl groups is 1. The van der Waals surface area contributed by atoms with Gasteiger partial charge in [0.15, 0.2) is 11.5 Å². The van der Waals surface area contributed by atoms with Crippen molar-refractivity contribution in [3.63, 3.8) is 0 Å². The molecule has 0 amide bonds. The molecule has 154 valence electrons. The van der Waals surface area contributed by atoms with Crippen molar-refractivity contribution >= 4 is 34.2 Å². The number of allylic oxidation sites excluding steroid dienone is 4. The van der Waals surface area contributed by atoms with E-state index in [0.29, 0.717) is 23.7 Å². The van der Waals surface area contributed by atoms with Gasteiger partial charge in [-0.05, 0) is 62.0 Å². The first kappa shape index (κ1) is 20.7. The molecule has 0 heterocycles. The van der Waals surface area contributed by atoms with Crippen molar-refractivity contribution < 1.29 is 19.1 Å². The summed E-state index contributed by atoms with van der Waals surface area (Å²) < 4.78 is 17.4. The summed E-state index contributed by atoms with van der Waals surface area (Å²) in [5.41, 5.74) is -2.92.